The molecule has 1 fully saturated rings. The topological polar surface area (TPSA) is 29.1 Å². The Labute approximate surface area is 135 Å². The standard InChI is InChI=1S/C14H16Br2ClNO/c15-11-5-10(6-12(16)7-11)14(19)18-8-9-3-1-2-4-13(9)17/h5-7,9,13H,1-4,8H2,(H,18,19). The normalized spacial score (nSPS) is 23.1. The third kappa shape index (κ3) is 4.47. The first-order chi connectivity index (χ1) is 9.06. The molecule has 0 saturated heterocycles. The third-order valence-corrected chi connectivity index (χ3v) is 4.96. The molecule has 2 atom stereocenters. The van der Waals surface area contributed by atoms with E-state index in [1.165, 1.54) is 12.8 Å². The van der Waals surface area contributed by atoms with Crippen LogP contribution in [-0.2, 0) is 0 Å². The Bertz CT molecular complexity index is 447. The molecule has 0 heterocycles. The second-order valence-corrected chi connectivity index (χ2v) is 7.32. The molecule has 2 nitrogen and oxygen atoms in total. The van der Waals surface area contributed by atoms with Crippen molar-refractivity contribution in [1.29, 1.82) is 0 Å². The fraction of sp³-hybridized carbons (Fsp3) is 0.500. The minimum absolute atomic E-state index is 0.0450. The first-order valence-corrected chi connectivity index (χ1v) is 8.47. The van der Waals surface area contributed by atoms with E-state index < -0.39 is 0 Å². The van der Waals surface area contributed by atoms with E-state index in [0.29, 0.717) is 18.0 Å². The van der Waals surface area contributed by atoms with Crippen LogP contribution in [0.2, 0.25) is 0 Å². The maximum atomic E-state index is 12.1. The summed E-state index contributed by atoms with van der Waals surface area (Å²) in [6.45, 7) is 0.664. The van der Waals surface area contributed by atoms with E-state index in [4.69, 9.17) is 11.6 Å². The maximum absolute atomic E-state index is 12.1. The van der Waals surface area contributed by atoms with Crippen molar-refractivity contribution in [3.05, 3.63) is 32.7 Å². The molecule has 2 rings (SSSR count). The average molecular weight is 410 g/mol. The van der Waals surface area contributed by atoms with Gasteiger partial charge in [-0.3, -0.25) is 4.79 Å². The number of hydrogen-bond donors (Lipinski definition) is 1. The molecule has 19 heavy (non-hydrogen) atoms. The molecule has 0 aliphatic heterocycles. The highest BCUT2D eigenvalue weighted by Gasteiger charge is 2.23. The van der Waals surface area contributed by atoms with Crippen molar-refractivity contribution in [1.82, 2.24) is 5.32 Å². The van der Waals surface area contributed by atoms with Crippen LogP contribution in [-0.4, -0.2) is 17.8 Å². The molecule has 1 aliphatic carbocycles. The van der Waals surface area contributed by atoms with Gasteiger partial charge in [0, 0.05) is 26.4 Å². The Kier molecular flexibility index (Phi) is 5.72. The summed E-state index contributed by atoms with van der Waals surface area (Å²) in [5, 5.41) is 3.19. The lowest BCUT2D eigenvalue weighted by Crippen LogP contribution is -2.34. The van der Waals surface area contributed by atoms with Gasteiger partial charge in [-0.2, -0.15) is 0 Å². The van der Waals surface area contributed by atoms with Crippen LogP contribution in [0.3, 0.4) is 0 Å². The summed E-state index contributed by atoms with van der Waals surface area (Å²) in [5.74, 6) is 0.353. The van der Waals surface area contributed by atoms with E-state index in [1.54, 1.807) is 0 Å². The highest BCUT2D eigenvalue weighted by molar-refractivity contribution is 9.11. The Morgan fingerprint density at radius 1 is 1.21 bits per heavy atom. The van der Waals surface area contributed by atoms with E-state index in [2.05, 4.69) is 37.2 Å². The van der Waals surface area contributed by atoms with Gasteiger partial charge in [0.05, 0.1) is 0 Å². The number of amides is 1. The Morgan fingerprint density at radius 2 is 1.84 bits per heavy atom. The Morgan fingerprint density at radius 3 is 2.47 bits per heavy atom. The number of carbonyl (C=O) groups excluding carboxylic acids is 1. The molecule has 1 N–H and O–H groups in total. The highest BCUT2D eigenvalue weighted by Crippen LogP contribution is 2.28. The molecule has 5 heteroatoms. The van der Waals surface area contributed by atoms with Crippen molar-refractivity contribution in [3.8, 4) is 0 Å². The SMILES string of the molecule is O=C(NCC1CCCCC1Cl)c1cc(Br)cc(Br)c1. The van der Waals surface area contributed by atoms with Crippen molar-refractivity contribution in [2.24, 2.45) is 5.92 Å². The van der Waals surface area contributed by atoms with Gasteiger partial charge < -0.3 is 5.32 Å². The monoisotopic (exact) mass is 407 g/mol. The number of nitrogens with one attached hydrogen (secondary N) is 1. The molecule has 1 amide bonds. The second-order valence-electron chi connectivity index (χ2n) is 4.93. The molecule has 1 saturated carbocycles. The van der Waals surface area contributed by atoms with Crippen LogP contribution in [0.25, 0.3) is 0 Å². The smallest absolute Gasteiger partial charge is 0.251 e. The molecular weight excluding hydrogens is 393 g/mol. The molecule has 0 aromatic heterocycles. The van der Waals surface area contributed by atoms with Gasteiger partial charge in [0.2, 0.25) is 0 Å². The quantitative estimate of drug-likeness (QED) is 0.718. The largest absolute Gasteiger partial charge is 0.352 e. The van der Waals surface area contributed by atoms with Gasteiger partial charge in [-0.25, -0.2) is 0 Å². The van der Waals surface area contributed by atoms with E-state index >= 15 is 0 Å². The van der Waals surface area contributed by atoms with Crippen LogP contribution >= 0.6 is 43.5 Å². The lowest BCUT2D eigenvalue weighted by Gasteiger charge is -2.27. The van der Waals surface area contributed by atoms with Crippen LogP contribution in [0.4, 0.5) is 0 Å². The average Bonchev–Trinajstić information content (AvgIpc) is 2.36. The molecule has 1 aromatic carbocycles. The van der Waals surface area contributed by atoms with E-state index in [0.717, 1.165) is 21.8 Å². The molecule has 104 valence electrons. The fourth-order valence-electron chi connectivity index (χ4n) is 2.40. The van der Waals surface area contributed by atoms with Gasteiger partial charge in [0.1, 0.15) is 0 Å². The third-order valence-electron chi connectivity index (χ3n) is 3.47. The van der Waals surface area contributed by atoms with Crippen LogP contribution in [0, 0.1) is 5.92 Å². The first kappa shape index (κ1) is 15.3. The number of hydrogen-bond acceptors (Lipinski definition) is 1. The minimum atomic E-state index is -0.0450. The van der Waals surface area contributed by atoms with Crippen molar-refractivity contribution >= 4 is 49.4 Å². The summed E-state index contributed by atoms with van der Waals surface area (Å²) in [6.07, 6.45) is 4.59. The predicted molar refractivity (Wildman–Crippen MR) is 85.8 cm³/mol. The van der Waals surface area contributed by atoms with Crippen molar-refractivity contribution < 1.29 is 4.79 Å². The number of benzene rings is 1. The number of halogens is 3. The summed E-state index contributed by atoms with van der Waals surface area (Å²) in [6, 6.07) is 5.55. The minimum Gasteiger partial charge on any atom is -0.352 e. The summed E-state index contributed by atoms with van der Waals surface area (Å²) in [5.41, 5.74) is 0.656. The molecule has 0 radical (unpaired) electrons. The fourth-order valence-corrected chi connectivity index (χ4v) is 4.07. The number of rotatable bonds is 3. The first-order valence-electron chi connectivity index (χ1n) is 6.44. The lowest BCUT2D eigenvalue weighted by molar-refractivity contribution is 0.0944. The highest BCUT2D eigenvalue weighted by atomic mass is 79.9. The van der Waals surface area contributed by atoms with Crippen LogP contribution in [0.1, 0.15) is 36.0 Å². The molecule has 1 aromatic rings. The molecule has 1 aliphatic rings. The van der Waals surface area contributed by atoms with Gasteiger partial charge in [-0.1, -0.05) is 44.7 Å². The Balaban J connectivity index is 1.93. The molecule has 0 spiro atoms. The van der Waals surface area contributed by atoms with Gasteiger partial charge in [-0.05, 0) is 37.0 Å². The zero-order chi connectivity index (χ0) is 13.8. The number of carbonyl (C=O) groups is 1. The van der Waals surface area contributed by atoms with Crippen molar-refractivity contribution in [2.75, 3.05) is 6.54 Å². The van der Waals surface area contributed by atoms with Crippen LogP contribution < -0.4 is 5.32 Å². The van der Waals surface area contributed by atoms with Crippen molar-refractivity contribution in [3.63, 3.8) is 0 Å². The lowest BCUT2D eigenvalue weighted by atomic mass is 9.88. The predicted octanol–water partition coefficient (Wildman–Crippen LogP) is 4.74. The van der Waals surface area contributed by atoms with Gasteiger partial charge in [-0.15, -0.1) is 11.6 Å². The summed E-state index contributed by atoms with van der Waals surface area (Å²) in [4.78, 5) is 12.1. The van der Waals surface area contributed by atoms with Gasteiger partial charge in [0.25, 0.3) is 5.91 Å². The second kappa shape index (κ2) is 7.09. The summed E-state index contributed by atoms with van der Waals surface area (Å²) in [7, 11) is 0. The van der Waals surface area contributed by atoms with Crippen molar-refractivity contribution in [2.45, 2.75) is 31.1 Å². The molecule has 0 bridgehead atoms. The number of alkyl halides is 1. The van der Waals surface area contributed by atoms with E-state index in [-0.39, 0.29) is 11.3 Å². The zero-order valence-electron chi connectivity index (χ0n) is 10.5. The summed E-state index contributed by atoms with van der Waals surface area (Å²) < 4.78 is 1.78. The molecular formula is C14H16Br2ClNO. The summed E-state index contributed by atoms with van der Waals surface area (Å²) >= 11 is 13.1. The Hall–Kier alpha value is -0.0600. The zero-order valence-corrected chi connectivity index (χ0v) is 14.4. The molecule has 2 unspecified atom stereocenters. The maximum Gasteiger partial charge on any atom is 0.251 e. The van der Waals surface area contributed by atoms with E-state index in [1.807, 2.05) is 18.2 Å². The van der Waals surface area contributed by atoms with E-state index in [9.17, 15) is 4.79 Å². The van der Waals surface area contributed by atoms with Crippen LogP contribution in [0.15, 0.2) is 27.1 Å². The van der Waals surface area contributed by atoms with Crippen LogP contribution in [0.5, 0.6) is 0 Å². The van der Waals surface area contributed by atoms with Gasteiger partial charge in [0.15, 0.2) is 0 Å². The van der Waals surface area contributed by atoms with Gasteiger partial charge >= 0.3 is 0 Å².